The Balaban J connectivity index is 2.07. The third-order valence-electron chi connectivity index (χ3n) is 2.92. The Morgan fingerprint density at radius 3 is 2.81 bits per heavy atom. The van der Waals surface area contributed by atoms with E-state index in [4.69, 9.17) is 0 Å². The molecule has 0 amide bonds. The van der Waals surface area contributed by atoms with Gasteiger partial charge in [0.1, 0.15) is 10.6 Å². The van der Waals surface area contributed by atoms with Crippen LogP contribution in [0, 0.1) is 0 Å². The number of aromatic nitrogens is 2. The predicted octanol–water partition coefficient (Wildman–Crippen LogP) is 3.33. The summed E-state index contributed by atoms with van der Waals surface area (Å²) in [6.45, 7) is 1.52. The standard InChI is InChI=1S/C15H12N2O2S2/c1-9(18)7-21-15-16-13(19)12-11(8-20-14(12)17-15)10-5-3-2-4-6-10/h2-6,8H,7H2,1H3,(H,16,17,19). The van der Waals surface area contributed by atoms with Crippen LogP contribution in [0.15, 0.2) is 45.7 Å². The van der Waals surface area contributed by atoms with Crippen molar-refractivity contribution >= 4 is 39.1 Å². The number of hydrogen-bond donors (Lipinski definition) is 1. The SMILES string of the molecule is CC(=O)CSc1nc2scc(-c3ccccc3)c2c(=O)[nH]1. The molecule has 0 unspecified atom stereocenters. The van der Waals surface area contributed by atoms with Gasteiger partial charge in [-0.2, -0.15) is 0 Å². The van der Waals surface area contributed by atoms with E-state index in [1.807, 2.05) is 35.7 Å². The first kappa shape index (κ1) is 14.0. The van der Waals surface area contributed by atoms with Crippen molar-refractivity contribution in [3.63, 3.8) is 0 Å². The molecule has 3 rings (SSSR count). The van der Waals surface area contributed by atoms with Crippen LogP contribution in [-0.2, 0) is 4.79 Å². The molecule has 1 aromatic carbocycles. The molecule has 0 atom stereocenters. The highest BCUT2D eigenvalue weighted by atomic mass is 32.2. The van der Waals surface area contributed by atoms with Crippen LogP contribution in [0.2, 0.25) is 0 Å². The van der Waals surface area contributed by atoms with E-state index in [2.05, 4.69) is 9.97 Å². The normalized spacial score (nSPS) is 10.9. The Labute approximate surface area is 129 Å². The maximum Gasteiger partial charge on any atom is 0.260 e. The van der Waals surface area contributed by atoms with E-state index in [0.717, 1.165) is 11.1 Å². The van der Waals surface area contributed by atoms with Crippen LogP contribution >= 0.6 is 23.1 Å². The molecule has 2 heterocycles. The molecule has 106 valence electrons. The predicted molar refractivity (Wildman–Crippen MR) is 87.1 cm³/mol. The third-order valence-corrected chi connectivity index (χ3v) is 4.81. The third kappa shape index (κ3) is 2.91. The lowest BCUT2D eigenvalue weighted by atomic mass is 10.1. The summed E-state index contributed by atoms with van der Waals surface area (Å²) in [5.74, 6) is 0.365. The van der Waals surface area contributed by atoms with Crippen LogP contribution in [0.3, 0.4) is 0 Å². The maximum absolute atomic E-state index is 12.3. The summed E-state index contributed by atoms with van der Waals surface area (Å²) >= 11 is 2.70. The molecule has 4 nitrogen and oxygen atoms in total. The van der Waals surface area contributed by atoms with Gasteiger partial charge in [0.05, 0.1) is 11.1 Å². The van der Waals surface area contributed by atoms with E-state index in [1.165, 1.54) is 30.0 Å². The molecule has 0 fully saturated rings. The monoisotopic (exact) mass is 316 g/mol. The van der Waals surface area contributed by atoms with Crippen molar-refractivity contribution in [3.05, 3.63) is 46.1 Å². The summed E-state index contributed by atoms with van der Waals surface area (Å²) in [6, 6.07) is 9.77. The van der Waals surface area contributed by atoms with E-state index in [1.54, 1.807) is 0 Å². The topological polar surface area (TPSA) is 62.8 Å². The zero-order valence-corrected chi connectivity index (χ0v) is 12.9. The number of fused-ring (bicyclic) bond motifs is 1. The molecule has 0 saturated carbocycles. The lowest BCUT2D eigenvalue weighted by Gasteiger charge is -2.01. The minimum absolute atomic E-state index is 0.0545. The number of carbonyl (C=O) groups excluding carboxylic acids is 1. The summed E-state index contributed by atoms with van der Waals surface area (Å²) in [5.41, 5.74) is 1.74. The van der Waals surface area contributed by atoms with Crippen LogP contribution in [0.5, 0.6) is 0 Å². The highest BCUT2D eigenvalue weighted by Crippen LogP contribution is 2.31. The average Bonchev–Trinajstić information content (AvgIpc) is 2.90. The number of aromatic amines is 1. The first-order chi connectivity index (χ1) is 10.1. The number of thiophene rings is 1. The van der Waals surface area contributed by atoms with Gasteiger partial charge in [0, 0.05) is 10.9 Å². The van der Waals surface area contributed by atoms with Gasteiger partial charge in [0.15, 0.2) is 5.16 Å². The smallest absolute Gasteiger partial charge is 0.260 e. The summed E-state index contributed by atoms with van der Waals surface area (Å²) in [5, 5.41) is 3.05. The second-order valence-electron chi connectivity index (χ2n) is 4.56. The minimum Gasteiger partial charge on any atom is -0.301 e. The summed E-state index contributed by atoms with van der Waals surface area (Å²) < 4.78 is 0. The van der Waals surface area contributed by atoms with Gasteiger partial charge in [-0.3, -0.25) is 9.59 Å². The number of carbonyl (C=O) groups is 1. The van der Waals surface area contributed by atoms with E-state index in [9.17, 15) is 9.59 Å². The quantitative estimate of drug-likeness (QED) is 0.592. The number of benzene rings is 1. The van der Waals surface area contributed by atoms with E-state index < -0.39 is 0 Å². The molecule has 21 heavy (non-hydrogen) atoms. The molecule has 0 spiro atoms. The van der Waals surface area contributed by atoms with Crippen LogP contribution in [0.1, 0.15) is 6.92 Å². The van der Waals surface area contributed by atoms with Gasteiger partial charge >= 0.3 is 0 Å². The van der Waals surface area contributed by atoms with Crippen molar-refractivity contribution in [3.8, 4) is 11.1 Å². The van der Waals surface area contributed by atoms with Crippen molar-refractivity contribution in [1.82, 2.24) is 9.97 Å². The number of nitrogens with one attached hydrogen (secondary N) is 1. The zero-order valence-electron chi connectivity index (χ0n) is 11.3. The lowest BCUT2D eigenvalue weighted by Crippen LogP contribution is -2.09. The Kier molecular flexibility index (Phi) is 3.90. The summed E-state index contributed by atoms with van der Waals surface area (Å²) in [7, 11) is 0. The first-order valence-electron chi connectivity index (χ1n) is 6.34. The van der Waals surface area contributed by atoms with Crippen molar-refractivity contribution in [2.45, 2.75) is 12.1 Å². The molecule has 1 N–H and O–H groups in total. The Morgan fingerprint density at radius 2 is 2.10 bits per heavy atom. The Bertz CT molecular complexity index is 853. The van der Waals surface area contributed by atoms with Crippen LogP contribution in [0.25, 0.3) is 21.3 Å². The van der Waals surface area contributed by atoms with E-state index >= 15 is 0 Å². The van der Waals surface area contributed by atoms with E-state index in [0.29, 0.717) is 21.1 Å². The Morgan fingerprint density at radius 1 is 1.33 bits per heavy atom. The molecule has 0 saturated heterocycles. The van der Waals surface area contributed by atoms with Crippen molar-refractivity contribution < 1.29 is 4.79 Å². The lowest BCUT2D eigenvalue weighted by molar-refractivity contribution is -0.114. The molecule has 0 aliphatic rings. The van der Waals surface area contributed by atoms with Gasteiger partial charge in [-0.25, -0.2) is 4.98 Å². The number of hydrogen-bond acceptors (Lipinski definition) is 5. The van der Waals surface area contributed by atoms with Crippen LogP contribution < -0.4 is 5.56 Å². The van der Waals surface area contributed by atoms with Gasteiger partial charge in [0.2, 0.25) is 0 Å². The zero-order chi connectivity index (χ0) is 14.8. The second kappa shape index (κ2) is 5.83. The number of H-pyrrole nitrogens is 1. The Hall–Kier alpha value is -1.92. The molecule has 2 aromatic heterocycles. The second-order valence-corrected chi connectivity index (χ2v) is 6.38. The number of rotatable bonds is 4. The van der Waals surface area contributed by atoms with Gasteiger partial charge in [-0.15, -0.1) is 11.3 Å². The highest BCUT2D eigenvalue weighted by molar-refractivity contribution is 7.99. The highest BCUT2D eigenvalue weighted by Gasteiger charge is 2.13. The number of Topliss-reactive ketones (excluding diaryl/α,β-unsaturated/α-hetero) is 1. The summed E-state index contributed by atoms with van der Waals surface area (Å²) in [6.07, 6.45) is 0. The number of nitrogens with zero attached hydrogens (tertiary/aromatic N) is 1. The van der Waals surface area contributed by atoms with Crippen molar-refractivity contribution in [1.29, 1.82) is 0 Å². The average molecular weight is 316 g/mol. The largest absolute Gasteiger partial charge is 0.301 e. The fourth-order valence-corrected chi connectivity index (χ4v) is 3.66. The van der Waals surface area contributed by atoms with Gasteiger partial charge < -0.3 is 4.98 Å². The number of thioether (sulfide) groups is 1. The van der Waals surface area contributed by atoms with Crippen molar-refractivity contribution in [2.24, 2.45) is 0 Å². The number of ketones is 1. The fourth-order valence-electron chi connectivity index (χ4n) is 2.00. The first-order valence-corrected chi connectivity index (χ1v) is 8.21. The molecule has 3 aromatic rings. The molecule has 0 radical (unpaired) electrons. The molecule has 0 aliphatic heterocycles. The molecular weight excluding hydrogens is 304 g/mol. The molecule has 6 heteroatoms. The minimum atomic E-state index is -0.161. The van der Waals surface area contributed by atoms with Gasteiger partial charge in [0.25, 0.3) is 5.56 Å². The van der Waals surface area contributed by atoms with E-state index in [-0.39, 0.29) is 11.3 Å². The maximum atomic E-state index is 12.3. The van der Waals surface area contributed by atoms with Crippen LogP contribution in [-0.4, -0.2) is 21.5 Å². The van der Waals surface area contributed by atoms with Crippen molar-refractivity contribution in [2.75, 3.05) is 5.75 Å². The van der Waals surface area contributed by atoms with Gasteiger partial charge in [-0.05, 0) is 12.5 Å². The summed E-state index contributed by atoms with van der Waals surface area (Å²) in [4.78, 5) is 31.2. The van der Waals surface area contributed by atoms with Gasteiger partial charge in [-0.1, -0.05) is 42.1 Å². The molecule has 0 aliphatic carbocycles. The fraction of sp³-hybridized carbons (Fsp3) is 0.133. The molecule has 0 bridgehead atoms. The molecular formula is C15H12N2O2S2. The van der Waals surface area contributed by atoms with Crippen LogP contribution in [0.4, 0.5) is 0 Å².